The Hall–Kier alpha value is -4.89. The van der Waals surface area contributed by atoms with Crippen molar-refractivity contribution in [3.05, 3.63) is 163 Å². The van der Waals surface area contributed by atoms with Crippen molar-refractivity contribution in [1.82, 2.24) is 0 Å². The molecule has 0 unspecified atom stereocenters. The summed E-state index contributed by atoms with van der Waals surface area (Å²) in [5.41, 5.74) is 11.5. The van der Waals surface area contributed by atoms with Crippen LogP contribution in [0.4, 0.5) is 0 Å². The Morgan fingerprint density at radius 2 is 0.902 bits per heavy atom. The third-order valence-corrected chi connectivity index (χ3v) is 8.49. The predicted octanol–water partition coefficient (Wildman–Crippen LogP) is 6.82. The van der Waals surface area contributed by atoms with Crippen molar-refractivity contribution in [1.29, 1.82) is 0 Å². The van der Waals surface area contributed by atoms with Crippen LogP contribution in [0.15, 0.2) is 146 Å². The normalized spacial score (nSPS) is 13.2. The van der Waals surface area contributed by atoms with Gasteiger partial charge in [0, 0.05) is 42.0 Å². The fourth-order valence-electron chi connectivity index (χ4n) is 6.73. The summed E-state index contributed by atoms with van der Waals surface area (Å²) in [5.74, 6) is 0.552. The van der Waals surface area contributed by atoms with E-state index in [1.807, 2.05) is 0 Å². The highest BCUT2D eigenvalue weighted by atomic mass is 15.3. The third-order valence-electron chi connectivity index (χ3n) is 8.49. The van der Waals surface area contributed by atoms with Gasteiger partial charge in [-0.25, -0.2) is 4.57 Å². The first-order valence-corrected chi connectivity index (χ1v) is 14.4. The molecular weight excluding hydrogens is 498 g/mol. The van der Waals surface area contributed by atoms with Gasteiger partial charge >= 0.3 is 5.66 Å². The molecule has 0 atom stereocenters. The Kier molecular flexibility index (Phi) is 6.09. The van der Waals surface area contributed by atoms with E-state index < -0.39 is 0 Å². The van der Waals surface area contributed by atoms with E-state index in [4.69, 9.17) is 0 Å². The summed E-state index contributed by atoms with van der Waals surface area (Å²) in [6.45, 7) is 4.48. The van der Waals surface area contributed by atoms with Crippen LogP contribution in [0, 0.1) is 0 Å². The number of pyridine rings is 3. The Bertz CT molecular complexity index is 1710. The number of hydrogen-bond donors (Lipinski definition) is 0. The van der Waals surface area contributed by atoms with Gasteiger partial charge in [-0.15, -0.1) is 9.13 Å². The number of aryl methyl sites for hydroxylation is 1. The molecule has 3 heteroatoms. The van der Waals surface area contributed by atoms with Crippen LogP contribution in [0.5, 0.6) is 0 Å². The predicted molar refractivity (Wildman–Crippen MR) is 163 cm³/mol. The molecule has 0 aliphatic carbocycles. The Morgan fingerprint density at radius 1 is 0.463 bits per heavy atom. The lowest BCUT2D eigenvalue weighted by molar-refractivity contribution is -0.955. The highest BCUT2D eigenvalue weighted by Crippen LogP contribution is 2.46. The second-order valence-electron chi connectivity index (χ2n) is 11.1. The first-order chi connectivity index (χ1) is 20.1. The minimum atomic E-state index is -0.347. The molecule has 5 heterocycles. The van der Waals surface area contributed by atoms with Crippen molar-refractivity contribution >= 4 is 0 Å². The van der Waals surface area contributed by atoms with E-state index in [-0.39, 0.29) is 5.66 Å². The van der Waals surface area contributed by atoms with Gasteiger partial charge in [0.1, 0.15) is 18.2 Å². The summed E-state index contributed by atoms with van der Waals surface area (Å²) in [7, 11) is 2.09. The van der Waals surface area contributed by atoms with Gasteiger partial charge in [0.25, 0.3) is 0 Å². The lowest BCUT2D eigenvalue weighted by Crippen LogP contribution is -2.71. The summed E-state index contributed by atoms with van der Waals surface area (Å²) in [6.07, 6.45) is 6.51. The van der Waals surface area contributed by atoms with Crippen LogP contribution in [-0.4, -0.2) is 0 Å². The van der Waals surface area contributed by atoms with E-state index in [1.54, 1.807) is 0 Å². The van der Waals surface area contributed by atoms with Crippen molar-refractivity contribution in [3.63, 3.8) is 0 Å². The average molecular weight is 533 g/mol. The first kappa shape index (κ1) is 25.1. The number of aromatic nitrogens is 3. The number of hydrogen-bond acceptors (Lipinski definition) is 0. The molecule has 2 aliphatic heterocycles. The first-order valence-electron chi connectivity index (χ1n) is 14.4. The molecule has 0 saturated heterocycles. The van der Waals surface area contributed by atoms with Crippen LogP contribution in [0.2, 0.25) is 0 Å². The smallest absolute Gasteiger partial charge is 0.201 e. The van der Waals surface area contributed by atoms with Crippen LogP contribution in [0.3, 0.4) is 0 Å². The van der Waals surface area contributed by atoms with Crippen molar-refractivity contribution < 1.29 is 13.7 Å². The summed E-state index contributed by atoms with van der Waals surface area (Å²) >= 11 is 0. The van der Waals surface area contributed by atoms with Crippen molar-refractivity contribution in [2.24, 2.45) is 7.05 Å². The molecule has 198 valence electrons. The molecule has 6 aromatic rings. The zero-order valence-electron chi connectivity index (χ0n) is 23.8. The molecule has 0 N–H and O–H groups in total. The van der Waals surface area contributed by atoms with E-state index >= 15 is 0 Å². The van der Waals surface area contributed by atoms with Gasteiger partial charge in [0.2, 0.25) is 17.1 Å². The number of nitrogens with zero attached hydrogens (tertiary/aromatic N) is 3. The Labute approximate surface area is 242 Å². The maximum absolute atomic E-state index is 2.42. The molecule has 2 aliphatic rings. The van der Waals surface area contributed by atoms with Crippen LogP contribution >= 0.6 is 0 Å². The monoisotopic (exact) mass is 532 g/mol. The second-order valence-corrected chi connectivity index (χ2v) is 11.1. The zero-order chi connectivity index (χ0) is 28.0. The van der Waals surface area contributed by atoms with E-state index in [9.17, 15) is 0 Å². The zero-order valence-corrected chi connectivity index (χ0v) is 23.8. The quantitative estimate of drug-likeness (QED) is 0.217. The molecule has 0 fully saturated rings. The molecule has 41 heavy (non-hydrogen) atoms. The third kappa shape index (κ3) is 3.76. The standard InChI is InChI=1S/C23H16N2.C15H18N/c1-3-11-19-17(9-1)21-13-5-7-15-24(21)23(19)20-12-4-2-10-18(20)22-14-6-8-16-25(22)23;1-12(2)13-8-4-5-9-14(13)15-10-6-7-11-16(15)3/h1-16H;4-12H,1-3H3/q+2;+1. The van der Waals surface area contributed by atoms with Gasteiger partial charge < -0.3 is 0 Å². The van der Waals surface area contributed by atoms with Crippen molar-refractivity contribution in [3.8, 4) is 33.8 Å². The summed E-state index contributed by atoms with van der Waals surface area (Å²) in [6, 6.07) is 45.5. The summed E-state index contributed by atoms with van der Waals surface area (Å²) in [5, 5.41) is 0. The maximum Gasteiger partial charge on any atom is 0.417 e. The number of fused-ring (bicyclic) bond motifs is 10. The van der Waals surface area contributed by atoms with E-state index in [0.29, 0.717) is 5.92 Å². The molecule has 0 radical (unpaired) electrons. The van der Waals surface area contributed by atoms with Gasteiger partial charge in [0.15, 0.2) is 18.6 Å². The van der Waals surface area contributed by atoms with Crippen LogP contribution in [0.25, 0.3) is 33.8 Å². The average Bonchev–Trinajstić information content (AvgIpc) is 3.49. The molecule has 3 aromatic heterocycles. The molecule has 0 amide bonds. The maximum atomic E-state index is 2.42. The topological polar surface area (TPSA) is 11.6 Å². The van der Waals surface area contributed by atoms with Gasteiger partial charge in [-0.3, -0.25) is 0 Å². The van der Waals surface area contributed by atoms with Gasteiger partial charge in [-0.1, -0.05) is 56.3 Å². The SMILES string of the molecule is CC(C)c1ccccc1-c1cccc[n+]1C.c1ccc2c(c1)-c1cccc[n+]1C21c2ccccc2-c2cccc[n+]21. The molecule has 3 nitrogen and oxygen atoms in total. The largest absolute Gasteiger partial charge is 0.417 e. The van der Waals surface area contributed by atoms with Gasteiger partial charge in [-0.2, -0.15) is 0 Å². The summed E-state index contributed by atoms with van der Waals surface area (Å²) < 4.78 is 7.02. The number of rotatable bonds is 2. The molecule has 8 rings (SSSR count). The van der Waals surface area contributed by atoms with E-state index in [1.165, 1.54) is 50.5 Å². The highest BCUT2D eigenvalue weighted by molar-refractivity contribution is 5.73. The minimum absolute atomic E-state index is 0.347. The van der Waals surface area contributed by atoms with Gasteiger partial charge in [0.05, 0.1) is 11.1 Å². The fourth-order valence-corrected chi connectivity index (χ4v) is 6.73. The van der Waals surface area contributed by atoms with Crippen molar-refractivity contribution in [2.45, 2.75) is 25.4 Å². The molecule has 3 aromatic carbocycles. The summed E-state index contributed by atoms with van der Waals surface area (Å²) in [4.78, 5) is 0. The molecule has 0 bridgehead atoms. The lowest BCUT2D eigenvalue weighted by atomic mass is 9.90. The van der Waals surface area contributed by atoms with Crippen LogP contribution < -0.4 is 13.7 Å². The lowest BCUT2D eigenvalue weighted by Gasteiger charge is -2.16. The van der Waals surface area contributed by atoms with Crippen LogP contribution in [-0.2, 0) is 12.7 Å². The molecule has 0 saturated carbocycles. The van der Waals surface area contributed by atoms with Crippen LogP contribution in [0.1, 0.15) is 36.5 Å². The van der Waals surface area contributed by atoms with E-state index in [0.717, 1.165) is 0 Å². The Morgan fingerprint density at radius 3 is 1.44 bits per heavy atom. The minimum Gasteiger partial charge on any atom is -0.201 e. The van der Waals surface area contributed by atoms with Gasteiger partial charge in [-0.05, 0) is 60.0 Å². The fraction of sp³-hybridized carbons (Fsp3) is 0.132. The molecule has 1 spiro atoms. The highest BCUT2D eigenvalue weighted by Gasteiger charge is 2.66. The Balaban J connectivity index is 0.000000150. The van der Waals surface area contributed by atoms with E-state index in [2.05, 4.69) is 181 Å². The second kappa shape index (κ2) is 9.94. The van der Waals surface area contributed by atoms with Crippen molar-refractivity contribution in [2.75, 3.05) is 0 Å². The molecular formula is C38H34N3+3. The number of benzene rings is 3.